The van der Waals surface area contributed by atoms with Gasteiger partial charge in [-0.05, 0) is 31.5 Å². The Labute approximate surface area is 72.0 Å². The number of rotatable bonds is 1. The zero-order chi connectivity index (χ0) is 8.10. The second-order valence-corrected chi connectivity index (χ2v) is 3.00. The van der Waals surface area contributed by atoms with E-state index in [1.165, 1.54) is 18.5 Å². The molecule has 0 unspecified atom stereocenters. The van der Waals surface area contributed by atoms with Crippen LogP contribution in [0.2, 0.25) is 0 Å². The molecule has 0 atom stereocenters. The minimum absolute atomic E-state index is 0.324. The van der Waals surface area contributed by atoms with Gasteiger partial charge in [0.2, 0.25) is 0 Å². The van der Waals surface area contributed by atoms with E-state index < -0.39 is 0 Å². The van der Waals surface area contributed by atoms with Crippen LogP contribution >= 0.6 is 12.2 Å². The van der Waals surface area contributed by atoms with Gasteiger partial charge in [-0.15, -0.1) is 0 Å². The van der Waals surface area contributed by atoms with Crippen molar-refractivity contribution in [1.29, 1.82) is 0 Å². The van der Waals surface area contributed by atoms with Crippen molar-refractivity contribution >= 4 is 17.3 Å². The third-order valence-electron chi connectivity index (χ3n) is 1.61. The number of thiocarbonyl (C=S) groups is 1. The molecule has 11 heavy (non-hydrogen) atoms. The predicted octanol–water partition coefficient (Wildman–Crippen LogP) is 0.435. The maximum absolute atomic E-state index is 5.26. The molecule has 0 aliphatic carbocycles. The number of hydrogen-bond donors (Lipinski definition) is 3. The number of nitrogens with one attached hydrogen (secondary N) is 2. The fraction of sp³-hybridized carbons (Fsp3) is 0.571. The van der Waals surface area contributed by atoms with E-state index in [1.807, 2.05) is 6.20 Å². The Balaban J connectivity index is 2.32. The van der Waals surface area contributed by atoms with Gasteiger partial charge in [-0.3, -0.25) is 0 Å². The maximum atomic E-state index is 5.26. The Hall–Kier alpha value is -0.770. The average molecular weight is 171 g/mol. The first-order valence-electron chi connectivity index (χ1n) is 3.78. The minimum atomic E-state index is 0.324. The molecular weight excluding hydrogens is 158 g/mol. The highest BCUT2D eigenvalue weighted by atomic mass is 32.1. The number of allylic oxidation sites excluding steroid dienone is 1. The van der Waals surface area contributed by atoms with E-state index in [9.17, 15) is 0 Å². The minimum Gasteiger partial charge on any atom is -0.387 e. The molecular formula is C7H13N3S. The molecule has 1 aliphatic rings. The monoisotopic (exact) mass is 171 g/mol. The van der Waals surface area contributed by atoms with Crippen LogP contribution in [0.15, 0.2) is 11.9 Å². The molecule has 4 N–H and O–H groups in total. The summed E-state index contributed by atoms with van der Waals surface area (Å²) >= 11 is 4.66. The number of nitrogens with two attached hydrogens (primary N) is 1. The predicted molar refractivity (Wildman–Crippen MR) is 49.9 cm³/mol. The standard InChI is InChI=1S/C7H13N3S/c8-7(11)10-5-6-3-1-2-4-9-6/h5,9H,1-4H2,(H3,8,10,11)/b6-5+. The van der Waals surface area contributed by atoms with Crippen molar-refractivity contribution in [2.24, 2.45) is 5.73 Å². The van der Waals surface area contributed by atoms with Crippen molar-refractivity contribution in [3.05, 3.63) is 11.9 Å². The molecule has 1 saturated heterocycles. The van der Waals surface area contributed by atoms with Gasteiger partial charge < -0.3 is 16.4 Å². The van der Waals surface area contributed by atoms with E-state index in [-0.39, 0.29) is 0 Å². The smallest absolute Gasteiger partial charge is 0.167 e. The Morgan fingerprint density at radius 1 is 1.64 bits per heavy atom. The molecule has 0 aromatic rings. The van der Waals surface area contributed by atoms with Gasteiger partial charge in [0.15, 0.2) is 5.11 Å². The number of piperidine rings is 1. The Morgan fingerprint density at radius 2 is 2.45 bits per heavy atom. The van der Waals surface area contributed by atoms with Crippen LogP contribution in [-0.4, -0.2) is 11.7 Å². The summed E-state index contributed by atoms with van der Waals surface area (Å²) in [6, 6.07) is 0. The zero-order valence-electron chi connectivity index (χ0n) is 6.39. The SMILES string of the molecule is NC(=S)N/C=C1\CCCCN1. The van der Waals surface area contributed by atoms with E-state index in [0.717, 1.165) is 13.0 Å². The summed E-state index contributed by atoms with van der Waals surface area (Å²) in [4.78, 5) is 0. The normalized spacial score (nSPS) is 20.9. The Morgan fingerprint density at radius 3 is 3.00 bits per heavy atom. The molecule has 0 saturated carbocycles. The second kappa shape index (κ2) is 4.18. The molecule has 1 rings (SSSR count). The average Bonchev–Trinajstić information content (AvgIpc) is 2.03. The van der Waals surface area contributed by atoms with Crippen LogP contribution in [0.25, 0.3) is 0 Å². The summed E-state index contributed by atoms with van der Waals surface area (Å²) in [5.41, 5.74) is 6.46. The fourth-order valence-electron chi connectivity index (χ4n) is 1.06. The molecule has 1 fully saturated rings. The molecule has 1 aliphatic heterocycles. The van der Waals surface area contributed by atoms with Gasteiger partial charge >= 0.3 is 0 Å². The van der Waals surface area contributed by atoms with Gasteiger partial charge in [0.05, 0.1) is 0 Å². The summed E-state index contributed by atoms with van der Waals surface area (Å²) < 4.78 is 0. The van der Waals surface area contributed by atoms with Gasteiger partial charge in [-0.2, -0.15) is 0 Å². The number of hydrogen-bond acceptors (Lipinski definition) is 2. The summed E-state index contributed by atoms with van der Waals surface area (Å²) in [7, 11) is 0. The van der Waals surface area contributed by atoms with Crippen molar-refractivity contribution in [3.63, 3.8) is 0 Å². The summed E-state index contributed by atoms with van der Waals surface area (Å²) in [5.74, 6) is 0. The summed E-state index contributed by atoms with van der Waals surface area (Å²) in [6.07, 6.45) is 5.44. The molecule has 0 bridgehead atoms. The van der Waals surface area contributed by atoms with Gasteiger partial charge in [-0.1, -0.05) is 0 Å². The molecule has 1 heterocycles. The van der Waals surface area contributed by atoms with Crippen molar-refractivity contribution in [2.75, 3.05) is 6.54 Å². The topological polar surface area (TPSA) is 50.1 Å². The first kappa shape index (κ1) is 8.33. The van der Waals surface area contributed by atoms with Crippen LogP contribution in [-0.2, 0) is 0 Å². The first-order valence-corrected chi connectivity index (χ1v) is 4.19. The highest BCUT2D eigenvalue weighted by molar-refractivity contribution is 7.80. The lowest BCUT2D eigenvalue weighted by atomic mass is 10.1. The van der Waals surface area contributed by atoms with Crippen LogP contribution in [0.4, 0.5) is 0 Å². The van der Waals surface area contributed by atoms with Crippen LogP contribution in [0.5, 0.6) is 0 Å². The van der Waals surface area contributed by atoms with Gasteiger partial charge in [-0.25, -0.2) is 0 Å². The maximum Gasteiger partial charge on any atom is 0.167 e. The fourth-order valence-corrected chi connectivity index (χ4v) is 1.12. The Kier molecular flexibility index (Phi) is 3.16. The molecule has 4 heteroatoms. The van der Waals surface area contributed by atoms with E-state index in [4.69, 9.17) is 5.73 Å². The highest BCUT2D eigenvalue weighted by Crippen LogP contribution is 2.08. The third-order valence-corrected chi connectivity index (χ3v) is 1.73. The van der Waals surface area contributed by atoms with Gasteiger partial charge in [0, 0.05) is 18.4 Å². The van der Waals surface area contributed by atoms with E-state index in [2.05, 4.69) is 22.9 Å². The van der Waals surface area contributed by atoms with Crippen LogP contribution < -0.4 is 16.4 Å². The van der Waals surface area contributed by atoms with Gasteiger partial charge in [0.25, 0.3) is 0 Å². The van der Waals surface area contributed by atoms with Crippen LogP contribution in [0, 0.1) is 0 Å². The van der Waals surface area contributed by atoms with Crippen molar-refractivity contribution in [3.8, 4) is 0 Å². The van der Waals surface area contributed by atoms with E-state index >= 15 is 0 Å². The third kappa shape index (κ3) is 3.23. The molecule has 0 spiro atoms. The molecule has 3 nitrogen and oxygen atoms in total. The van der Waals surface area contributed by atoms with Crippen LogP contribution in [0.1, 0.15) is 19.3 Å². The Bertz CT molecular complexity index is 169. The molecule has 0 radical (unpaired) electrons. The first-order chi connectivity index (χ1) is 5.29. The molecule has 62 valence electrons. The van der Waals surface area contributed by atoms with E-state index in [1.54, 1.807) is 0 Å². The quantitative estimate of drug-likeness (QED) is 0.501. The summed E-state index contributed by atoms with van der Waals surface area (Å²) in [6.45, 7) is 1.06. The lowest BCUT2D eigenvalue weighted by Gasteiger charge is -2.16. The molecule has 0 aromatic heterocycles. The molecule has 0 aromatic carbocycles. The zero-order valence-corrected chi connectivity index (χ0v) is 7.21. The lowest BCUT2D eigenvalue weighted by Crippen LogP contribution is -2.27. The largest absolute Gasteiger partial charge is 0.387 e. The summed E-state index contributed by atoms with van der Waals surface area (Å²) in [5, 5.41) is 6.38. The van der Waals surface area contributed by atoms with Crippen molar-refractivity contribution in [1.82, 2.24) is 10.6 Å². The van der Waals surface area contributed by atoms with Crippen molar-refractivity contribution in [2.45, 2.75) is 19.3 Å². The lowest BCUT2D eigenvalue weighted by molar-refractivity contribution is 0.585. The van der Waals surface area contributed by atoms with Crippen molar-refractivity contribution < 1.29 is 0 Å². The van der Waals surface area contributed by atoms with Gasteiger partial charge in [0.1, 0.15) is 0 Å². The second-order valence-electron chi connectivity index (χ2n) is 2.56. The van der Waals surface area contributed by atoms with E-state index in [0.29, 0.717) is 5.11 Å². The molecule has 0 amide bonds. The van der Waals surface area contributed by atoms with Crippen LogP contribution in [0.3, 0.4) is 0 Å². The highest BCUT2D eigenvalue weighted by Gasteiger charge is 2.02.